The van der Waals surface area contributed by atoms with Crippen molar-refractivity contribution in [3.8, 4) is 5.82 Å². The van der Waals surface area contributed by atoms with E-state index in [0.717, 1.165) is 10.9 Å². The monoisotopic (exact) mass is 763 g/mol. The van der Waals surface area contributed by atoms with Crippen LogP contribution in [0.5, 0.6) is 0 Å². The summed E-state index contributed by atoms with van der Waals surface area (Å²) < 4.78 is 108. The molecule has 1 N–H and O–H groups in total. The fourth-order valence-corrected chi connectivity index (χ4v) is 6.21. The number of aromatic nitrogens is 3. The summed E-state index contributed by atoms with van der Waals surface area (Å²) in [4.78, 5) is 31.2. The number of nitrogens with zero attached hydrogens (tertiary/aromatic N) is 4. The van der Waals surface area contributed by atoms with Gasteiger partial charge in [0.2, 0.25) is 10.0 Å². The van der Waals surface area contributed by atoms with E-state index in [1.54, 1.807) is 26.8 Å². The summed E-state index contributed by atoms with van der Waals surface area (Å²) in [6, 6.07) is 7.69. The first-order valence-corrected chi connectivity index (χ1v) is 17.2. The Hall–Kier alpha value is -3.99. The van der Waals surface area contributed by atoms with Gasteiger partial charge in [-0.2, -0.15) is 35.7 Å². The number of Topliss-reactive ketones (excluding diaryl/α,β-unsaturated/α-hetero) is 1. The van der Waals surface area contributed by atoms with Gasteiger partial charge in [0.15, 0.2) is 11.6 Å². The summed E-state index contributed by atoms with van der Waals surface area (Å²) in [5.41, 5.74) is -3.10. The number of pyridine rings is 1. The molecule has 4 rings (SSSR count). The topological polar surface area (TPSA) is 114 Å². The van der Waals surface area contributed by atoms with Gasteiger partial charge < -0.3 is 5.32 Å². The zero-order valence-electron chi connectivity index (χ0n) is 26.7. The molecule has 9 nitrogen and oxygen atoms in total. The molecule has 0 saturated heterocycles. The van der Waals surface area contributed by atoms with E-state index in [-0.39, 0.29) is 51.3 Å². The molecule has 0 aliphatic heterocycles. The fraction of sp³-hybridized carbons (Fsp3) is 0.312. The van der Waals surface area contributed by atoms with Gasteiger partial charge in [0.05, 0.1) is 34.6 Å². The average molecular weight is 765 g/mol. The van der Waals surface area contributed by atoms with Gasteiger partial charge in [-0.25, -0.2) is 18.1 Å². The number of hydrogen-bond donors (Lipinski definition) is 1. The molecule has 2 aromatic carbocycles. The molecule has 268 valence electrons. The predicted molar refractivity (Wildman–Crippen MR) is 174 cm³/mol. The number of carbonyl (C=O) groups excluding carboxylic acids is 2. The number of benzene rings is 2. The highest BCUT2D eigenvalue weighted by molar-refractivity contribution is 7.88. The summed E-state index contributed by atoms with van der Waals surface area (Å²) in [5.74, 6) is -1.14. The van der Waals surface area contributed by atoms with Crippen molar-refractivity contribution in [3.63, 3.8) is 0 Å². The molecule has 0 spiro atoms. The van der Waals surface area contributed by atoms with E-state index >= 15 is 0 Å². The lowest BCUT2D eigenvalue weighted by molar-refractivity contribution is -0.143. The molecule has 0 radical (unpaired) electrons. The van der Waals surface area contributed by atoms with E-state index in [2.05, 4.69) is 15.4 Å². The summed E-state index contributed by atoms with van der Waals surface area (Å²) >= 11 is 12.6. The zero-order chi connectivity index (χ0) is 37.3. The van der Waals surface area contributed by atoms with E-state index in [1.807, 2.05) is 0 Å². The molecule has 0 unspecified atom stereocenters. The van der Waals surface area contributed by atoms with E-state index in [4.69, 9.17) is 23.2 Å². The van der Waals surface area contributed by atoms with E-state index in [1.165, 1.54) is 30.5 Å². The lowest BCUT2D eigenvalue weighted by Crippen LogP contribution is -2.31. The first-order chi connectivity index (χ1) is 23.0. The van der Waals surface area contributed by atoms with Gasteiger partial charge in [-0.05, 0) is 86.0 Å². The maximum atomic E-state index is 14.0. The van der Waals surface area contributed by atoms with Crippen LogP contribution >= 0.6 is 23.2 Å². The zero-order valence-corrected chi connectivity index (χ0v) is 29.1. The van der Waals surface area contributed by atoms with Crippen LogP contribution in [0.2, 0.25) is 10.0 Å². The van der Waals surface area contributed by atoms with Crippen molar-refractivity contribution in [1.82, 2.24) is 24.4 Å². The Kier molecular flexibility index (Phi) is 11.4. The van der Waals surface area contributed by atoms with Crippen molar-refractivity contribution < 1.29 is 44.3 Å². The minimum atomic E-state index is -5.15. The molecule has 50 heavy (non-hydrogen) atoms. The standard InChI is InChI=1S/C32H29Cl2F6N5O4S/c1-17(2)42-30(47)25-12-22(33)8-18(3)24(25)14-28(46)27-13-23(43-45(27)29-26(34)6-5-7-41-29)16-44(50(4,48)49)15-19-9-20(31(35,36)37)11-21(10-19)32(38,39)40/h5-13,17H,14-16H2,1-4H3,(H,42,47). The Balaban J connectivity index is 1.79. The molecule has 2 aromatic heterocycles. The third kappa shape index (κ3) is 9.41. The van der Waals surface area contributed by atoms with Crippen molar-refractivity contribution in [2.75, 3.05) is 6.26 Å². The number of halogens is 8. The highest BCUT2D eigenvalue weighted by atomic mass is 35.5. The lowest BCUT2D eigenvalue weighted by atomic mass is 9.95. The second-order valence-electron chi connectivity index (χ2n) is 11.7. The van der Waals surface area contributed by atoms with Crippen LogP contribution in [0.4, 0.5) is 26.3 Å². The van der Waals surface area contributed by atoms with E-state index in [0.29, 0.717) is 27.6 Å². The quantitative estimate of drug-likeness (QED) is 0.126. The van der Waals surface area contributed by atoms with Gasteiger partial charge in [0.25, 0.3) is 5.91 Å². The normalized spacial score (nSPS) is 12.5. The summed E-state index contributed by atoms with van der Waals surface area (Å²) in [7, 11) is -4.30. The predicted octanol–water partition coefficient (Wildman–Crippen LogP) is 7.45. The van der Waals surface area contributed by atoms with Crippen molar-refractivity contribution >= 4 is 44.9 Å². The minimum absolute atomic E-state index is 0.0343. The Morgan fingerprint density at radius 3 is 2.12 bits per heavy atom. The van der Waals surface area contributed by atoms with Crippen LogP contribution in [0.15, 0.2) is 54.7 Å². The lowest BCUT2D eigenvalue weighted by Gasteiger charge is -2.21. The van der Waals surface area contributed by atoms with Crippen LogP contribution in [0, 0.1) is 6.92 Å². The molecule has 2 heterocycles. The molecule has 1 amide bonds. The molecular weight excluding hydrogens is 735 g/mol. The Morgan fingerprint density at radius 1 is 0.960 bits per heavy atom. The molecule has 0 fully saturated rings. The number of rotatable bonds is 11. The third-order valence-electron chi connectivity index (χ3n) is 7.24. The number of sulfonamides is 1. The molecular formula is C32H29Cl2F6N5O4S. The maximum absolute atomic E-state index is 14.0. The highest BCUT2D eigenvalue weighted by Crippen LogP contribution is 2.37. The first kappa shape index (κ1) is 38.8. The van der Waals surface area contributed by atoms with Gasteiger partial charge in [0, 0.05) is 35.8 Å². The minimum Gasteiger partial charge on any atom is -0.350 e. The first-order valence-electron chi connectivity index (χ1n) is 14.6. The van der Waals surface area contributed by atoms with Crippen LogP contribution < -0.4 is 5.32 Å². The largest absolute Gasteiger partial charge is 0.416 e. The van der Waals surface area contributed by atoms with Gasteiger partial charge in [0.1, 0.15) is 5.69 Å². The van der Waals surface area contributed by atoms with Crippen LogP contribution in [0.25, 0.3) is 5.82 Å². The van der Waals surface area contributed by atoms with Crippen LogP contribution in [0.1, 0.15) is 68.2 Å². The Morgan fingerprint density at radius 2 is 1.58 bits per heavy atom. The molecule has 4 aromatic rings. The number of ketones is 1. The molecule has 0 bridgehead atoms. The highest BCUT2D eigenvalue weighted by Gasteiger charge is 2.37. The van der Waals surface area contributed by atoms with Crippen LogP contribution in [0.3, 0.4) is 0 Å². The average Bonchev–Trinajstić information content (AvgIpc) is 3.40. The third-order valence-corrected chi connectivity index (χ3v) is 8.95. The van der Waals surface area contributed by atoms with Crippen LogP contribution in [-0.2, 0) is 41.9 Å². The van der Waals surface area contributed by atoms with Gasteiger partial charge in [-0.15, -0.1) is 0 Å². The number of alkyl halides is 6. The molecule has 0 saturated carbocycles. The maximum Gasteiger partial charge on any atom is 0.416 e. The van der Waals surface area contributed by atoms with Crippen molar-refractivity contribution in [3.05, 3.63) is 110 Å². The van der Waals surface area contributed by atoms with Gasteiger partial charge in [-0.3, -0.25) is 9.59 Å². The number of aryl methyl sites for hydroxylation is 1. The second-order valence-corrected chi connectivity index (χ2v) is 14.5. The van der Waals surface area contributed by atoms with Crippen LogP contribution in [-0.4, -0.2) is 51.5 Å². The van der Waals surface area contributed by atoms with Gasteiger partial charge in [-0.1, -0.05) is 23.2 Å². The fourth-order valence-electron chi connectivity index (χ4n) is 4.99. The van der Waals surface area contributed by atoms with Crippen molar-refractivity contribution in [2.45, 2.75) is 58.7 Å². The Bertz CT molecular complexity index is 2020. The Labute approximate surface area is 293 Å². The van der Waals surface area contributed by atoms with Gasteiger partial charge >= 0.3 is 12.4 Å². The summed E-state index contributed by atoms with van der Waals surface area (Å²) in [6.07, 6.45) is -8.60. The molecule has 0 atom stereocenters. The number of carbonyl (C=O) groups is 2. The number of amides is 1. The van der Waals surface area contributed by atoms with E-state index < -0.39 is 63.8 Å². The summed E-state index contributed by atoms with van der Waals surface area (Å²) in [6.45, 7) is 3.58. The SMILES string of the molecule is Cc1cc(Cl)cc(C(=O)NC(C)C)c1CC(=O)c1cc(CN(Cc2cc(C(F)(F)F)cc(C(F)(F)F)c2)S(C)(=O)=O)nn1-c1ncccc1Cl. The number of nitrogens with one attached hydrogen (secondary N) is 1. The van der Waals surface area contributed by atoms with Crippen molar-refractivity contribution in [2.24, 2.45) is 0 Å². The molecule has 0 aliphatic rings. The summed E-state index contributed by atoms with van der Waals surface area (Å²) in [5, 5.41) is 7.38. The second kappa shape index (κ2) is 14.7. The number of hydrogen-bond acceptors (Lipinski definition) is 6. The van der Waals surface area contributed by atoms with Crippen molar-refractivity contribution in [1.29, 1.82) is 0 Å². The molecule has 18 heteroatoms. The van der Waals surface area contributed by atoms with E-state index in [9.17, 15) is 44.3 Å². The smallest absolute Gasteiger partial charge is 0.350 e. The molecule has 0 aliphatic carbocycles.